The summed E-state index contributed by atoms with van der Waals surface area (Å²) in [5.74, 6) is 0.0192. The summed E-state index contributed by atoms with van der Waals surface area (Å²) in [7, 11) is 0. The molecule has 0 bridgehead atoms. The molecule has 2 aromatic rings. The molecule has 0 atom stereocenters. The van der Waals surface area contributed by atoms with E-state index in [1.165, 1.54) is 11.3 Å². The van der Waals surface area contributed by atoms with E-state index in [1.807, 2.05) is 43.3 Å². The van der Waals surface area contributed by atoms with Gasteiger partial charge in [0.15, 0.2) is 0 Å². The highest BCUT2D eigenvalue weighted by molar-refractivity contribution is 6.32. The summed E-state index contributed by atoms with van der Waals surface area (Å²) in [6.07, 6.45) is 5.04. The van der Waals surface area contributed by atoms with Crippen LogP contribution in [0.3, 0.4) is 0 Å². The number of halogens is 1. The number of carbonyl (C=O) groups is 1. The predicted octanol–water partition coefficient (Wildman–Crippen LogP) is 4.62. The third-order valence-corrected chi connectivity index (χ3v) is 6.32. The second-order valence-corrected chi connectivity index (χ2v) is 8.27. The second kappa shape index (κ2) is 7.85. The first kappa shape index (κ1) is 18.8. The summed E-state index contributed by atoms with van der Waals surface area (Å²) in [6, 6.07) is 14.5. The van der Waals surface area contributed by atoms with Crippen molar-refractivity contribution in [3.63, 3.8) is 0 Å². The molecule has 1 aliphatic carbocycles. The monoisotopic (exact) mass is 393 g/mol. The highest BCUT2D eigenvalue weighted by Gasteiger charge is 2.31. The fraction of sp³-hybridized carbons (Fsp3) is 0.391. The van der Waals surface area contributed by atoms with Gasteiger partial charge in [0.2, 0.25) is 0 Å². The van der Waals surface area contributed by atoms with Crippen molar-refractivity contribution in [2.45, 2.75) is 51.1 Å². The minimum Gasteiger partial charge on any atom is -0.368 e. The molecule has 1 aliphatic heterocycles. The van der Waals surface area contributed by atoms with Crippen molar-refractivity contribution in [3.05, 3.63) is 63.7 Å². The van der Waals surface area contributed by atoms with Gasteiger partial charge in [-0.3, -0.25) is 4.79 Å². The summed E-state index contributed by atoms with van der Waals surface area (Å²) in [4.78, 5) is 14.9. The van der Waals surface area contributed by atoms with Crippen LogP contribution < -0.4 is 10.2 Å². The highest BCUT2D eigenvalue weighted by Crippen LogP contribution is 2.37. The Morgan fingerprint density at radius 2 is 1.89 bits per heavy atom. The molecule has 0 spiro atoms. The van der Waals surface area contributed by atoms with E-state index in [1.54, 1.807) is 0 Å². The van der Waals surface area contributed by atoms with E-state index in [0.29, 0.717) is 16.6 Å². The maximum absolute atomic E-state index is 12.5. The Morgan fingerprint density at radius 3 is 2.57 bits per heavy atom. The fourth-order valence-corrected chi connectivity index (χ4v) is 4.61. The van der Waals surface area contributed by atoms with Crippen molar-refractivity contribution < 1.29 is 4.79 Å². The van der Waals surface area contributed by atoms with Crippen LogP contribution in [0.25, 0.3) is 0 Å². The van der Waals surface area contributed by atoms with Crippen molar-refractivity contribution in [3.8, 4) is 6.07 Å². The van der Waals surface area contributed by atoms with Gasteiger partial charge in [-0.2, -0.15) is 5.26 Å². The molecule has 0 unspecified atom stereocenters. The Balaban J connectivity index is 1.37. The van der Waals surface area contributed by atoms with Crippen LogP contribution in [-0.4, -0.2) is 24.5 Å². The molecule has 4 rings (SSSR count). The van der Waals surface area contributed by atoms with E-state index in [-0.39, 0.29) is 11.9 Å². The molecule has 1 amide bonds. The molecular weight excluding hydrogens is 370 g/mol. The first-order chi connectivity index (χ1) is 13.5. The van der Waals surface area contributed by atoms with E-state index < -0.39 is 0 Å². The standard InChI is InChI=1S/C23H24ClN3O/c1-15-2-4-16(5-3-15)23(28)26-19-6-8-20(9-7-19)27-11-10-17-12-18(14-25)21(24)13-22(17)27/h2-5,12-13,19-20H,6-11H2,1H3,(H,26,28). The molecule has 144 valence electrons. The first-order valence-corrected chi connectivity index (χ1v) is 10.3. The minimum atomic E-state index is 0.0192. The van der Waals surface area contributed by atoms with Crippen molar-refractivity contribution >= 4 is 23.2 Å². The number of carbonyl (C=O) groups excluding carboxylic acids is 1. The van der Waals surface area contributed by atoms with E-state index in [4.69, 9.17) is 11.6 Å². The third kappa shape index (κ3) is 3.72. The maximum atomic E-state index is 12.5. The maximum Gasteiger partial charge on any atom is 0.251 e. The van der Waals surface area contributed by atoms with Crippen LogP contribution in [0, 0.1) is 18.3 Å². The largest absolute Gasteiger partial charge is 0.368 e. The molecule has 2 aliphatic rings. The molecule has 0 radical (unpaired) electrons. The molecular formula is C23H24ClN3O. The number of rotatable bonds is 3. The molecule has 28 heavy (non-hydrogen) atoms. The average molecular weight is 394 g/mol. The Kier molecular flexibility index (Phi) is 5.28. The van der Waals surface area contributed by atoms with Crippen molar-refractivity contribution in [1.29, 1.82) is 5.26 Å². The van der Waals surface area contributed by atoms with Crippen LogP contribution in [0.1, 0.15) is 52.7 Å². The van der Waals surface area contributed by atoms with Crippen molar-refractivity contribution in [2.75, 3.05) is 11.4 Å². The second-order valence-electron chi connectivity index (χ2n) is 7.86. The molecule has 0 aromatic heterocycles. The van der Waals surface area contributed by atoms with Gasteiger partial charge in [0.05, 0.1) is 10.6 Å². The summed E-state index contributed by atoms with van der Waals surface area (Å²) >= 11 is 6.26. The van der Waals surface area contributed by atoms with Crippen LogP contribution in [0.4, 0.5) is 5.69 Å². The van der Waals surface area contributed by atoms with E-state index in [2.05, 4.69) is 16.3 Å². The summed E-state index contributed by atoms with van der Waals surface area (Å²) in [5.41, 5.74) is 4.84. The molecule has 1 heterocycles. The Hall–Kier alpha value is -2.51. The highest BCUT2D eigenvalue weighted by atomic mass is 35.5. The van der Waals surface area contributed by atoms with E-state index >= 15 is 0 Å². The lowest BCUT2D eigenvalue weighted by molar-refractivity contribution is 0.0925. The molecule has 2 aromatic carbocycles. The van der Waals surface area contributed by atoms with Crippen LogP contribution >= 0.6 is 11.6 Å². The lowest BCUT2D eigenvalue weighted by Crippen LogP contribution is -2.43. The quantitative estimate of drug-likeness (QED) is 0.827. The predicted molar refractivity (Wildman–Crippen MR) is 112 cm³/mol. The van der Waals surface area contributed by atoms with Crippen molar-refractivity contribution in [1.82, 2.24) is 5.32 Å². The third-order valence-electron chi connectivity index (χ3n) is 6.01. The average Bonchev–Trinajstić information content (AvgIpc) is 3.11. The number of aryl methyl sites for hydroxylation is 1. The van der Waals surface area contributed by atoms with Gasteiger partial charge in [-0.1, -0.05) is 29.3 Å². The Bertz CT molecular complexity index is 924. The summed E-state index contributed by atoms with van der Waals surface area (Å²) < 4.78 is 0. The molecule has 0 saturated heterocycles. The number of hydrogen-bond acceptors (Lipinski definition) is 3. The van der Waals surface area contributed by atoms with Gasteiger partial charge in [0, 0.05) is 29.9 Å². The lowest BCUT2D eigenvalue weighted by Gasteiger charge is -2.36. The summed E-state index contributed by atoms with van der Waals surface area (Å²) in [5, 5.41) is 12.9. The number of amides is 1. The van der Waals surface area contributed by atoms with E-state index in [9.17, 15) is 10.1 Å². The van der Waals surface area contributed by atoms with Crippen LogP contribution in [0.2, 0.25) is 5.02 Å². The molecule has 1 saturated carbocycles. The van der Waals surface area contributed by atoms with Crippen LogP contribution in [0.5, 0.6) is 0 Å². The van der Waals surface area contributed by atoms with Crippen molar-refractivity contribution in [2.24, 2.45) is 0 Å². The topological polar surface area (TPSA) is 56.1 Å². The first-order valence-electron chi connectivity index (χ1n) is 9.92. The number of nitriles is 1. The van der Waals surface area contributed by atoms with Gasteiger partial charge in [-0.15, -0.1) is 0 Å². The van der Waals surface area contributed by atoms with Crippen LogP contribution in [-0.2, 0) is 6.42 Å². The minimum absolute atomic E-state index is 0.0192. The van der Waals surface area contributed by atoms with Gasteiger partial charge in [-0.05, 0) is 68.9 Å². The van der Waals surface area contributed by atoms with Gasteiger partial charge < -0.3 is 10.2 Å². The lowest BCUT2D eigenvalue weighted by atomic mass is 9.90. The molecule has 1 N–H and O–H groups in total. The number of hydrogen-bond donors (Lipinski definition) is 1. The Labute approximate surface area is 171 Å². The zero-order valence-corrected chi connectivity index (χ0v) is 16.8. The number of nitrogens with one attached hydrogen (secondary N) is 1. The fourth-order valence-electron chi connectivity index (χ4n) is 4.41. The molecule has 1 fully saturated rings. The zero-order valence-electron chi connectivity index (χ0n) is 16.0. The molecule has 5 heteroatoms. The number of nitrogens with zero attached hydrogens (tertiary/aromatic N) is 2. The zero-order chi connectivity index (χ0) is 19.7. The van der Waals surface area contributed by atoms with Gasteiger partial charge in [-0.25, -0.2) is 0 Å². The van der Waals surface area contributed by atoms with Crippen LogP contribution in [0.15, 0.2) is 36.4 Å². The normalized spacial score (nSPS) is 21.1. The van der Waals surface area contributed by atoms with E-state index in [0.717, 1.165) is 49.8 Å². The smallest absolute Gasteiger partial charge is 0.251 e. The van der Waals surface area contributed by atoms with Gasteiger partial charge in [0.25, 0.3) is 5.91 Å². The number of fused-ring (bicyclic) bond motifs is 1. The number of benzene rings is 2. The summed E-state index contributed by atoms with van der Waals surface area (Å²) in [6.45, 7) is 3.00. The van der Waals surface area contributed by atoms with Gasteiger partial charge in [0.1, 0.15) is 6.07 Å². The van der Waals surface area contributed by atoms with Gasteiger partial charge >= 0.3 is 0 Å². The number of anilines is 1. The SMILES string of the molecule is Cc1ccc(C(=O)NC2CCC(N3CCc4cc(C#N)c(Cl)cc43)CC2)cc1. The molecule has 4 nitrogen and oxygen atoms in total. The Morgan fingerprint density at radius 1 is 1.18 bits per heavy atom.